The van der Waals surface area contributed by atoms with Gasteiger partial charge in [0.1, 0.15) is 0 Å². The summed E-state index contributed by atoms with van der Waals surface area (Å²) in [7, 11) is 0. The number of ether oxygens (including phenoxy) is 2. The van der Waals surface area contributed by atoms with Crippen molar-refractivity contribution in [1.82, 2.24) is 30.7 Å². The summed E-state index contributed by atoms with van der Waals surface area (Å²) in [5, 5.41) is 16.9. The third-order valence-corrected chi connectivity index (χ3v) is 6.27. The molecule has 2 amide bonds. The van der Waals surface area contributed by atoms with Crippen LogP contribution < -0.4 is 10.0 Å². The van der Waals surface area contributed by atoms with Crippen molar-refractivity contribution in [2.75, 3.05) is 38.7 Å². The van der Waals surface area contributed by atoms with Gasteiger partial charge in [0.15, 0.2) is 5.82 Å². The van der Waals surface area contributed by atoms with E-state index in [9.17, 15) is 9.59 Å². The van der Waals surface area contributed by atoms with Crippen LogP contribution in [-0.4, -0.2) is 71.2 Å². The van der Waals surface area contributed by atoms with E-state index in [-0.39, 0.29) is 22.6 Å². The van der Waals surface area contributed by atoms with Gasteiger partial charge in [0.05, 0.1) is 19.8 Å². The number of aromatic nitrogens is 4. The molecule has 31 heavy (non-hydrogen) atoms. The van der Waals surface area contributed by atoms with Crippen molar-refractivity contribution in [3.05, 3.63) is 5.82 Å². The molecule has 0 atom stereocenters. The minimum Gasteiger partial charge on any atom is -0.379 e. The lowest BCUT2D eigenvalue weighted by molar-refractivity contribution is -0.123. The second-order valence-corrected chi connectivity index (χ2v) is 9.49. The molecule has 11 heteroatoms. The monoisotopic (exact) mass is 458 g/mol. The van der Waals surface area contributed by atoms with Crippen LogP contribution in [0, 0.1) is 10.8 Å². The largest absolute Gasteiger partial charge is 0.379 e. The van der Waals surface area contributed by atoms with E-state index in [0.29, 0.717) is 70.2 Å². The Bertz CT molecular complexity index is 640. The van der Waals surface area contributed by atoms with Gasteiger partial charge in [-0.2, -0.15) is 5.21 Å². The van der Waals surface area contributed by atoms with Gasteiger partial charge in [-0.05, 0) is 24.2 Å². The minimum absolute atomic E-state index is 0.00955. The number of nitrogens with zero attached hydrogens (tertiary/aromatic N) is 3. The van der Waals surface area contributed by atoms with Gasteiger partial charge in [0.25, 0.3) is 0 Å². The van der Waals surface area contributed by atoms with Gasteiger partial charge in [-0.15, -0.1) is 10.2 Å². The van der Waals surface area contributed by atoms with Gasteiger partial charge in [0, 0.05) is 38.2 Å². The normalized spacial score (nSPS) is 12.0. The highest BCUT2D eigenvalue weighted by Gasteiger charge is 2.39. The van der Waals surface area contributed by atoms with Gasteiger partial charge in [-0.25, -0.2) is 0 Å². The lowest BCUT2D eigenvalue weighted by Crippen LogP contribution is -2.38. The van der Waals surface area contributed by atoms with E-state index in [1.807, 2.05) is 6.92 Å². The molecule has 1 aromatic rings. The first-order chi connectivity index (χ1) is 14.7. The highest BCUT2D eigenvalue weighted by Crippen LogP contribution is 2.43. The molecule has 1 heterocycles. The summed E-state index contributed by atoms with van der Waals surface area (Å²) in [6, 6.07) is 0. The second kappa shape index (κ2) is 14.4. The van der Waals surface area contributed by atoms with Crippen LogP contribution in [0.15, 0.2) is 0 Å². The lowest BCUT2D eigenvalue weighted by Gasteiger charge is -2.40. The van der Waals surface area contributed by atoms with E-state index < -0.39 is 0 Å². The molecular formula is C20H38N6O4S. The fraction of sp³-hybridized carbons (Fsp3) is 0.850. The zero-order valence-electron chi connectivity index (χ0n) is 19.5. The fourth-order valence-corrected chi connectivity index (χ4v) is 3.34. The fourth-order valence-electron chi connectivity index (χ4n) is 2.72. The standard InChI is InChI=1S/C20H38N6O4S/c1-6-29-11-12-30-10-9-21-17(27)8-7-13-31-24-18(28)15-20(4,5)19(2,3)14-16-22-25-26-23-16/h6-15H2,1-5H3,(H,21,27)(H,24,28)(H,22,23,25,26). The number of carbonyl (C=O) groups excluding carboxylic acids is 2. The van der Waals surface area contributed by atoms with Gasteiger partial charge in [-0.3, -0.25) is 9.59 Å². The Morgan fingerprint density at radius 3 is 2.48 bits per heavy atom. The minimum atomic E-state index is -0.261. The van der Waals surface area contributed by atoms with Gasteiger partial charge < -0.3 is 19.5 Å². The molecule has 0 spiro atoms. The van der Waals surface area contributed by atoms with Crippen LogP contribution in [0.4, 0.5) is 0 Å². The molecule has 178 valence electrons. The highest BCUT2D eigenvalue weighted by atomic mass is 32.2. The second-order valence-electron chi connectivity index (χ2n) is 8.59. The molecule has 1 aromatic heterocycles. The van der Waals surface area contributed by atoms with Gasteiger partial charge in [0.2, 0.25) is 11.8 Å². The smallest absolute Gasteiger partial charge is 0.230 e. The van der Waals surface area contributed by atoms with Crippen molar-refractivity contribution in [3.63, 3.8) is 0 Å². The average Bonchev–Trinajstić information content (AvgIpc) is 3.18. The summed E-state index contributed by atoms with van der Waals surface area (Å²) in [6.45, 7) is 13.0. The van der Waals surface area contributed by atoms with E-state index in [2.05, 4.69) is 58.4 Å². The van der Waals surface area contributed by atoms with Crippen molar-refractivity contribution < 1.29 is 19.1 Å². The van der Waals surface area contributed by atoms with Crippen molar-refractivity contribution in [3.8, 4) is 0 Å². The predicted octanol–water partition coefficient (Wildman–Crippen LogP) is 1.90. The van der Waals surface area contributed by atoms with Crippen molar-refractivity contribution in [2.45, 2.75) is 60.3 Å². The molecule has 0 aliphatic carbocycles. The lowest BCUT2D eigenvalue weighted by atomic mass is 9.64. The molecule has 0 bridgehead atoms. The quantitative estimate of drug-likeness (QED) is 0.238. The van der Waals surface area contributed by atoms with Gasteiger partial charge in [-0.1, -0.05) is 44.9 Å². The summed E-state index contributed by atoms with van der Waals surface area (Å²) < 4.78 is 13.4. The Morgan fingerprint density at radius 2 is 1.81 bits per heavy atom. The molecule has 1 rings (SSSR count). The number of H-pyrrole nitrogens is 1. The Kier molecular flexibility index (Phi) is 12.7. The molecule has 0 fully saturated rings. The predicted molar refractivity (Wildman–Crippen MR) is 120 cm³/mol. The SMILES string of the molecule is CCOCCOCCNC(=O)CCCSNC(=O)CC(C)(C)C(C)(C)Cc1nn[nH]n1. The Labute approximate surface area is 189 Å². The van der Waals surface area contributed by atoms with E-state index >= 15 is 0 Å². The molecule has 0 saturated carbocycles. The molecule has 0 unspecified atom stereocenters. The number of nitrogens with one attached hydrogen (secondary N) is 3. The number of rotatable bonds is 17. The highest BCUT2D eigenvalue weighted by molar-refractivity contribution is 7.97. The number of amides is 2. The third kappa shape index (κ3) is 11.5. The number of hydrogen-bond acceptors (Lipinski definition) is 8. The number of aromatic amines is 1. The Hall–Kier alpha value is -1.72. The molecule has 0 aromatic carbocycles. The van der Waals surface area contributed by atoms with Crippen LogP contribution in [0.3, 0.4) is 0 Å². The zero-order chi connectivity index (χ0) is 23.2. The van der Waals surface area contributed by atoms with E-state index in [4.69, 9.17) is 9.47 Å². The zero-order valence-corrected chi connectivity index (χ0v) is 20.3. The molecule has 3 N–H and O–H groups in total. The summed E-state index contributed by atoms with van der Waals surface area (Å²) in [6.07, 6.45) is 2.12. The Morgan fingerprint density at radius 1 is 1.06 bits per heavy atom. The molecule has 10 nitrogen and oxygen atoms in total. The van der Waals surface area contributed by atoms with Crippen LogP contribution in [0.2, 0.25) is 0 Å². The molecule has 0 aliphatic rings. The number of tetrazole rings is 1. The summed E-state index contributed by atoms with van der Waals surface area (Å²) >= 11 is 1.34. The van der Waals surface area contributed by atoms with E-state index in [0.717, 1.165) is 0 Å². The van der Waals surface area contributed by atoms with Crippen LogP contribution in [0.25, 0.3) is 0 Å². The summed E-state index contributed by atoms with van der Waals surface area (Å²) in [5.41, 5.74) is -0.452. The number of carbonyl (C=O) groups is 2. The third-order valence-electron chi connectivity index (χ3n) is 5.40. The Balaban J connectivity index is 2.13. The topological polar surface area (TPSA) is 131 Å². The van der Waals surface area contributed by atoms with Crippen molar-refractivity contribution in [1.29, 1.82) is 0 Å². The molecular weight excluding hydrogens is 420 g/mol. The summed E-state index contributed by atoms with van der Waals surface area (Å²) in [5.74, 6) is 1.29. The van der Waals surface area contributed by atoms with Crippen LogP contribution in [0.1, 0.15) is 59.7 Å². The first-order valence-electron chi connectivity index (χ1n) is 10.7. The van der Waals surface area contributed by atoms with E-state index in [1.165, 1.54) is 11.9 Å². The van der Waals surface area contributed by atoms with Crippen LogP contribution >= 0.6 is 11.9 Å². The summed E-state index contributed by atoms with van der Waals surface area (Å²) in [4.78, 5) is 24.2. The van der Waals surface area contributed by atoms with E-state index in [1.54, 1.807) is 0 Å². The maximum Gasteiger partial charge on any atom is 0.230 e. The maximum absolute atomic E-state index is 12.4. The van der Waals surface area contributed by atoms with Crippen LogP contribution in [0.5, 0.6) is 0 Å². The van der Waals surface area contributed by atoms with Crippen molar-refractivity contribution >= 4 is 23.8 Å². The van der Waals surface area contributed by atoms with Crippen LogP contribution in [-0.2, 0) is 25.5 Å². The van der Waals surface area contributed by atoms with Gasteiger partial charge >= 0.3 is 0 Å². The maximum atomic E-state index is 12.4. The molecule has 0 aliphatic heterocycles. The first-order valence-corrected chi connectivity index (χ1v) is 11.7. The van der Waals surface area contributed by atoms with Crippen molar-refractivity contribution in [2.24, 2.45) is 10.8 Å². The number of hydrogen-bond donors (Lipinski definition) is 3. The molecule has 0 saturated heterocycles. The first kappa shape index (κ1) is 27.3. The molecule has 0 radical (unpaired) electrons. The average molecular weight is 459 g/mol.